The Morgan fingerprint density at radius 1 is 1.31 bits per heavy atom. The van der Waals surface area contributed by atoms with Gasteiger partial charge in [-0.1, -0.05) is 24.6 Å². The molecule has 0 fully saturated rings. The van der Waals surface area contributed by atoms with E-state index in [1.165, 1.54) is 5.57 Å². The molecule has 0 saturated heterocycles. The number of ketones is 1. The van der Waals surface area contributed by atoms with Gasteiger partial charge in [-0.15, -0.1) is 6.58 Å². The van der Waals surface area contributed by atoms with E-state index in [-0.39, 0.29) is 11.2 Å². The molecule has 0 unspecified atom stereocenters. The van der Waals surface area contributed by atoms with Crippen molar-refractivity contribution in [2.24, 2.45) is 5.41 Å². The minimum atomic E-state index is -0.251. The van der Waals surface area contributed by atoms with Gasteiger partial charge >= 0.3 is 0 Å². The van der Waals surface area contributed by atoms with Crippen molar-refractivity contribution in [2.45, 2.75) is 40.5 Å². The van der Waals surface area contributed by atoms with Gasteiger partial charge in [0, 0.05) is 5.41 Å². The first kappa shape index (κ1) is 12.2. The molecule has 0 spiro atoms. The predicted molar refractivity (Wildman–Crippen MR) is 57.7 cm³/mol. The monoisotopic (exact) mass is 180 g/mol. The van der Waals surface area contributed by atoms with Gasteiger partial charge in [0.05, 0.1) is 0 Å². The van der Waals surface area contributed by atoms with Crippen molar-refractivity contribution < 1.29 is 4.79 Å². The van der Waals surface area contributed by atoms with Crippen molar-refractivity contribution in [3.63, 3.8) is 0 Å². The van der Waals surface area contributed by atoms with Crippen LogP contribution in [-0.2, 0) is 4.79 Å². The van der Waals surface area contributed by atoms with Crippen LogP contribution in [-0.4, -0.2) is 5.78 Å². The number of rotatable bonds is 5. The predicted octanol–water partition coefficient (Wildman–Crippen LogP) is 3.51. The number of allylic oxidation sites excluding steroid dienone is 3. The smallest absolute Gasteiger partial charge is 0.136 e. The lowest BCUT2D eigenvalue weighted by Gasteiger charge is -2.23. The van der Waals surface area contributed by atoms with Crippen LogP contribution in [0.1, 0.15) is 40.5 Å². The fourth-order valence-corrected chi connectivity index (χ4v) is 1.12. The SMILES string of the molecule is C=CC[C@](C)(CC=C(C)C)C(C)=O. The Hall–Kier alpha value is -0.850. The minimum absolute atomic E-state index is 0.241. The van der Waals surface area contributed by atoms with E-state index in [0.717, 1.165) is 12.8 Å². The maximum absolute atomic E-state index is 11.4. The van der Waals surface area contributed by atoms with E-state index in [1.54, 1.807) is 6.92 Å². The van der Waals surface area contributed by atoms with Gasteiger partial charge < -0.3 is 0 Å². The van der Waals surface area contributed by atoms with Crippen molar-refractivity contribution in [3.8, 4) is 0 Å². The summed E-state index contributed by atoms with van der Waals surface area (Å²) in [6.07, 6.45) is 5.51. The second-order valence-corrected chi connectivity index (χ2v) is 4.10. The number of Topliss-reactive ketones (excluding diaryl/α,β-unsaturated/α-hetero) is 1. The molecule has 0 amide bonds. The van der Waals surface area contributed by atoms with Crippen LogP contribution < -0.4 is 0 Å². The summed E-state index contributed by atoms with van der Waals surface area (Å²) in [4.78, 5) is 11.4. The molecule has 0 rings (SSSR count). The zero-order chi connectivity index (χ0) is 10.5. The Balaban J connectivity index is 4.50. The summed E-state index contributed by atoms with van der Waals surface area (Å²) in [5.41, 5.74) is 1.01. The Bertz CT molecular complexity index is 221. The second kappa shape index (κ2) is 5.00. The molecule has 0 N–H and O–H groups in total. The number of hydrogen-bond donors (Lipinski definition) is 0. The van der Waals surface area contributed by atoms with Crippen LogP contribution in [0.5, 0.6) is 0 Å². The van der Waals surface area contributed by atoms with Gasteiger partial charge in [0.25, 0.3) is 0 Å². The molecule has 0 radical (unpaired) electrons. The molecule has 13 heavy (non-hydrogen) atoms. The Morgan fingerprint density at radius 2 is 1.85 bits per heavy atom. The molecule has 0 bridgehead atoms. The van der Waals surface area contributed by atoms with Crippen molar-refractivity contribution >= 4 is 5.78 Å². The standard InChI is InChI=1S/C12H20O/c1-6-8-12(5,11(4)13)9-7-10(2)3/h6-7H,1,8-9H2,2-5H3/t12-/m1/s1. The van der Waals surface area contributed by atoms with Gasteiger partial charge in [0.2, 0.25) is 0 Å². The molecule has 1 nitrogen and oxygen atoms in total. The lowest BCUT2D eigenvalue weighted by molar-refractivity contribution is -0.125. The van der Waals surface area contributed by atoms with Crippen LogP contribution >= 0.6 is 0 Å². The fourth-order valence-electron chi connectivity index (χ4n) is 1.12. The summed E-state index contributed by atoms with van der Waals surface area (Å²) in [7, 11) is 0. The summed E-state index contributed by atoms with van der Waals surface area (Å²) < 4.78 is 0. The average Bonchev–Trinajstić information content (AvgIpc) is 2.01. The maximum atomic E-state index is 11.4. The van der Waals surface area contributed by atoms with Crippen molar-refractivity contribution in [1.29, 1.82) is 0 Å². The van der Waals surface area contributed by atoms with E-state index < -0.39 is 0 Å². The highest BCUT2D eigenvalue weighted by Gasteiger charge is 2.26. The van der Waals surface area contributed by atoms with Crippen LogP contribution in [0.4, 0.5) is 0 Å². The third-order valence-electron chi connectivity index (χ3n) is 2.41. The van der Waals surface area contributed by atoms with Crippen LogP contribution in [0.2, 0.25) is 0 Å². The Morgan fingerprint density at radius 3 is 2.15 bits per heavy atom. The van der Waals surface area contributed by atoms with Crippen LogP contribution in [0.3, 0.4) is 0 Å². The quantitative estimate of drug-likeness (QED) is 0.592. The topological polar surface area (TPSA) is 17.1 Å². The molecule has 0 heterocycles. The van der Waals surface area contributed by atoms with E-state index in [2.05, 4.69) is 26.5 Å². The molecular weight excluding hydrogens is 160 g/mol. The van der Waals surface area contributed by atoms with Gasteiger partial charge in [-0.25, -0.2) is 0 Å². The van der Waals surface area contributed by atoms with Crippen molar-refractivity contribution in [2.75, 3.05) is 0 Å². The number of hydrogen-bond acceptors (Lipinski definition) is 1. The summed E-state index contributed by atoms with van der Waals surface area (Å²) >= 11 is 0. The van der Waals surface area contributed by atoms with Gasteiger partial charge in [-0.3, -0.25) is 4.79 Å². The van der Waals surface area contributed by atoms with Crippen LogP contribution in [0.25, 0.3) is 0 Å². The highest BCUT2D eigenvalue weighted by molar-refractivity contribution is 5.82. The van der Waals surface area contributed by atoms with E-state index in [0.29, 0.717) is 0 Å². The zero-order valence-electron chi connectivity index (χ0n) is 9.18. The Kier molecular flexibility index (Phi) is 4.68. The average molecular weight is 180 g/mol. The van der Waals surface area contributed by atoms with Crippen LogP contribution in [0, 0.1) is 5.41 Å². The van der Waals surface area contributed by atoms with Gasteiger partial charge in [-0.2, -0.15) is 0 Å². The third kappa shape index (κ3) is 4.07. The molecule has 0 saturated carbocycles. The Labute approximate surface area is 81.5 Å². The maximum Gasteiger partial charge on any atom is 0.136 e. The molecule has 0 aliphatic rings. The molecule has 0 aliphatic carbocycles. The molecule has 0 aromatic rings. The molecular formula is C12H20O. The zero-order valence-corrected chi connectivity index (χ0v) is 9.18. The van der Waals surface area contributed by atoms with E-state index in [1.807, 2.05) is 13.0 Å². The van der Waals surface area contributed by atoms with Gasteiger partial charge in [-0.05, 0) is 33.6 Å². The van der Waals surface area contributed by atoms with E-state index in [4.69, 9.17) is 0 Å². The first-order valence-corrected chi connectivity index (χ1v) is 4.67. The number of carbonyl (C=O) groups excluding carboxylic acids is 1. The lowest BCUT2D eigenvalue weighted by atomic mass is 9.79. The van der Waals surface area contributed by atoms with Crippen LogP contribution in [0.15, 0.2) is 24.3 Å². The summed E-state index contributed by atoms with van der Waals surface area (Å²) in [5, 5.41) is 0. The molecule has 0 aromatic carbocycles. The number of carbonyl (C=O) groups is 1. The first-order valence-electron chi connectivity index (χ1n) is 4.67. The van der Waals surface area contributed by atoms with Crippen molar-refractivity contribution in [3.05, 3.63) is 24.3 Å². The van der Waals surface area contributed by atoms with Gasteiger partial charge in [0.1, 0.15) is 5.78 Å². The molecule has 1 heteroatoms. The molecule has 0 aromatic heterocycles. The van der Waals surface area contributed by atoms with E-state index in [9.17, 15) is 4.79 Å². The normalized spacial score (nSPS) is 14.5. The largest absolute Gasteiger partial charge is 0.299 e. The fraction of sp³-hybridized carbons (Fsp3) is 0.583. The molecule has 0 aliphatic heterocycles. The first-order chi connectivity index (χ1) is 5.92. The molecule has 74 valence electrons. The van der Waals surface area contributed by atoms with Gasteiger partial charge in [0.15, 0.2) is 0 Å². The van der Waals surface area contributed by atoms with E-state index >= 15 is 0 Å². The molecule has 1 atom stereocenters. The lowest BCUT2D eigenvalue weighted by Crippen LogP contribution is -2.24. The highest BCUT2D eigenvalue weighted by Crippen LogP contribution is 2.28. The minimum Gasteiger partial charge on any atom is -0.299 e. The van der Waals surface area contributed by atoms with Crippen molar-refractivity contribution in [1.82, 2.24) is 0 Å². The summed E-state index contributed by atoms with van der Waals surface area (Å²) in [5.74, 6) is 0.241. The summed E-state index contributed by atoms with van der Waals surface area (Å²) in [6.45, 7) is 11.4. The third-order valence-corrected chi connectivity index (χ3v) is 2.41. The highest BCUT2D eigenvalue weighted by atomic mass is 16.1. The second-order valence-electron chi connectivity index (χ2n) is 4.10. The summed E-state index contributed by atoms with van der Waals surface area (Å²) in [6, 6.07) is 0.